The summed E-state index contributed by atoms with van der Waals surface area (Å²) in [4.78, 5) is 0. The van der Waals surface area contributed by atoms with E-state index in [0.29, 0.717) is 12.8 Å². The Morgan fingerprint density at radius 1 is 0.818 bits per heavy atom. The summed E-state index contributed by atoms with van der Waals surface area (Å²) in [5.41, 5.74) is 0. The van der Waals surface area contributed by atoms with Gasteiger partial charge < -0.3 is 0 Å². The van der Waals surface area contributed by atoms with Crippen LogP contribution < -0.4 is 0 Å². The fourth-order valence-corrected chi connectivity index (χ4v) is 3.43. The molecule has 0 radical (unpaired) electrons. The Balaban J connectivity index is 4.02. The van der Waals surface area contributed by atoms with Crippen LogP contribution in [0.25, 0.3) is 0 Å². The van der Waals surface area contributed by atoms with Crippen molar-refractivity contribution in [3.63, 3.8) is 0 Å². The number of unbranched alkanes of at least 4 members (excludes halogenated alkanes) is 5. The van der Waals surface area contributed by atoms with Crippen LogP contribution in [0.5, 0.6) is 0 Å². The molecule has 0 aliphatic heterocycles. The Morgan fingerprint density at radius 3 is 1.82 bits per heavy atom. The number of hydrogen-bond acceptors (Lipinski definition) is 3. The lowest BCUT2D eigenvalue weighted by molar-refractivity contribution is 0.156. The Labute approximate surface area is 138 Å². The van der Waals surface area contributed by atoms with Crippen LogP contribution in [0, 0.1) is 5.92 Å². The van der Waals surface area contributed by atoms with Gasteiger partial charge in [0.2, 0.25) is 0 Å². The zero-order valence-corrected chi connectivity index (χ0v) is 15.5. The molecular formula is C17H36O4S. The van der Waals surface area contributed by atoms with Crippen molar-refractivity contribution in [2.75, 3.05) is 0 Å². The van der Waals surface area contributed by atoms with E-state index in [1.54, 1.807) is 0 Å². The van der Waals surface area contributed by atoms with Crippen LogP contribution in [0.15, 0.2) is 0 Å². The van der Waals surface area contributed by atoms with Crippen molar-refractivity contribution in [2.24, 2.45) is 5.92 Å². The van der Waals surface area contributed by atoms with E-state index in [4.69, 9.17) is 8.74 Å². The van der Waals surface area contributed by atoms with Crippen LogP contribution in [0.2, 0.25) is 0 Å². The molecule has 0 bridgehead atoms. The van der Waals surface area contributed by atoms with E-state index in [-0.39, 0.29) is 6.10 Å². The fourth-order valence-electron chi connectivity index (χ4n) is 2.89. The van der Waals surface area contributed by atoms with Gasteiger partial charge in [0.15, 0.2) is 0 Å². The van der Waals surface area contributed by atoms with E-state index in [9.17, 15) is 8.42 Å². The Bertz CT molecular complexity index is 337. The number of rotatable bonds is 15. The van der Waals surface area contributed by atoms with Crippen LogP contribution in [-0.4, -0.2) is 19.1 Å². The molecule has 0 aromatic heterocycles. The smallest absolute Gasteiger partial charge is 0.264 e. The van der Waals surface area contributed by atoms with Crippen molar-refractivity contribution >= 4 is 10.4 Å². The van der Waals surface area contributed by atoms with Crippen LogP contribution in [0.1, 0.15) is 97.8 Å². The Kier molecular flexibility index (Phi) is 13.2. The summed E-state index contributed by atoms with van der Waals surface area (Å²) in [6.45, 7) is 6.60. The highest BCUT2D eigenvalue weighted by atomic mass is 32.3. The quantitative estimate of drug-likeness (QED) is 0.315. The SMILES string of the molecule is CCCCCCCC(CCCCC(CC)CC)OS(=O)(=O)O. The third kappa shape index (κ3) is 13.5. The molecule has 1 unspecified atom stereocenters. The summed E-state index contributed by atoms with van der Waals surface area (Å²) < 4.78 is 35.6. The van der Waals surface area contributed by atoms with Gasteiger partial charge in [-0.2, -0.15) is 8.42 Å². The maximum atomic E-state index is 10.9. The lowest BCUT2D eigenvalue weighted by atomic mass is 9.95. The molecule has 0 aromatic carbocycles. The highest BCUT2D eigenvalue weighted by molar-refractivity contribution is 7.80. The van der Waals surface area contributed by atoms with Crippen molar-refractivity contribution in [2.45, 2.75) is 104 Å². The molecule has 22 heavy (non-hydrogen) atoms. The first-order valence-corrected chi connectivity index (χ1v) is 10.4. The summed E-state index contributed by atoms with van der Waals surface area (Å²) in [5, 5.41) is 0. The topological polar surface area (TPSA) is 63.6 Å². The zero-order chi connectivity index (χ0) is 16.8. The highest BCUT2D eigenvalue weighted by Gasteiger charge is 2.16. The van der Waals surface area contributed by atoms with E-state index in [2.05, 4.69) is 20.8 Å². The van der Waals surface area contributed by atoms with Crippen LogP contribution in [-0.2, 0) is 14.6 Å². The van der Waals surface area contributed by atoms with Crippen molar-refractivity contribution in [3.05, 3.63) is 0 Å². The van der Waals surface area contributed by atoms with Crippen molar-refractivity contribution in [1.29, 1.82) is 0 Å². The summed E-state index contributed by atoms with van der Waals surface area (Å²) >= 11 is 0. The van der Waals surface area contributed by atoms with Gasteiger partial charge in [0.1, 0.15) is 0 Å². The third-order valence-corrected chi connectivity index (χ3v) is 4.95. The summed E-state index contributed by atoms with van der Waals surface area (Å²) in [7, 11) is -4.33. The second-order valence-corrected chi connectivity index (χ2v) is 7.36. The lowest BCUT2D eigenvalue weighted by Crippen LogP contribution is -2.18. The van der Waals surface area contributed by atoms with Gasteiger partial charge in [-0.1, -0.05) is 85.0 Å². The fraction of sp³-hybridized carbons (Fsp3) is 1.00. The van der Waals surface area contributed by atoms with Crippen molar-refractivity contribution in [1.82, 2.24) is 0 Å². The van der Waals surface area contributed by atoms with Gasteiger partial charge in [-0.3, -0.25) is 4.55 Å². The molecule has 0 rings (SSSR count). The first-order chi connectivity index (χ1) is 10.4. The molecule has 0 aromatic rings. The van der Waals surface area contributed by atoms with Gasteiger partial charge in [-0.25, -0.2) is 4.18 Å². The largest absolute Gasteiger partial charge is 0.397 e. The van der Waals surface area contributed by atoms with E-state index in [1.807, 2.05) is 0 Å². The van der Waals surface area contributed by atoms with Crippen molar-refractivity contribution in [3.8, 4) is 0 Å². The lowest BCUT2D eigenvalue weighted by Gasteiger charge is -2.16. The van der Waals surface area contributed by atoms with Crippen LogP contribution in [0.4, 0.5) is 0 Å². The summed E-state index contributed by atoms with van der Waals surface area (Å²) in [6.07, 6.45) is 12.4. The number of hydrogen-bond donors (Lipinski definition) is 1. The first kappa shape index (κ1) is 21.9. The normalized spacial score (nSPS) is 13.7. The van der Waals surface area contributed by atoms with Gasteiger partial charge in [0, 0.05) is 0 Å². The molecular weight excluding hydrogens is 300 g/mol. The average Bonchev–Trinajstić information content (AvgIpc) is 2.45. The Morgan fingerprint density at radius 2 is 1.32 bits per heavy atom. The van der Waals surface area contributed by atoms with Gasteiger partial charge in [-0.05, 0) is 18.8 Å². The molecule has 134 valence electrons. The predicted molar refractivity (Wildman–Crippen MR) is 92.3 cm³/mol. The van der Waals surface area contributed by atoms with E-state index in [1.165, 1.54) is 38.5 Å². The molecule has 0 spiro atoms. The summed E-state index contributed by atoms with van der Waals surface area (Å²) in [5.74, 6) is 0.773. The van der Waals surface area contributed by atoms with E-state index >= 15 is 0 Å². The molecule has 0 fully saturated rings. The minimum atomic E-state index is -4.33. The van der Waals surface area contributed by atoms with Gasteiger partial charge in [-0.15, -0.1) is 0 Å². The molecule has 4 nitrogen and oxygen atoms in total. The second-order valence-electron chi connectivity index (χ2n) is 6.32. The third-order valence-electron chi connectivity index (χ3n) is 4.43. The standard InChI is InChI=1S/C17H36O4S/c1-4-7-8-9-10-14-17(21-22(18,19)20)15-12-11-13-16(5-2)6-3/h16-17H,4-15H2,1-3H3,(H,18,19,20). The molecule has 1 atom stereocenters. The van der Waals surface area contributed by atoms with Gasteiger partial charge in [0.05, 0.1) is 6.10 Å². The zero-order valence-electron chi connectivity index (χ0n) is 14.7. The maximum absolute atomic E-state index is 10.9. The highest BCUT2D eigenvalue weighted by Crippen LogP contribution is 2.20. The molecule has 0 saturated carbocycles. The minimum absolute atomic E-state index is 0.363. The molecule has 0 saturated heterocycles. The van der Waals surface area contributed by atoms with E-state index < -0.39 is 10.4 Å². The molecule has 0 aliphatic carbocycles. The van der Waals surface area contributed by atoms with Crippen LogP contribution in [0.3, 0.4) is 0 Å². The summed E-state index contributed by atoms with van der Waals surface area (Å²) in [6, 6.07) is 0. The molecule has 0 amide bonds. The van der Waals surface area contributed by atoms with Gasteiger partial charge >= 0.3 is 10.4 Å². The second kappa shape index (κ2) is 13.3. The van der Waals surface area contributed by atoms with Crippen LogP contribution >= 0.6 is 0 Å². The molecule has 0 heterocycles. The predicted octanol–water partition coefficient (Wildman–Crippen LogP) is 5.53. The first-order valence-electron chi connectivity index (χ1n) is 9.08. The minimum Gasteiger partial charge on any atom is -0.264 e. The molecule has 0 aliphatic rings. The monoisotopic (exact) mass is 336 g/mol. The van der Waals surface area contributed by atoms with E-state index in [0.717, 1.165) is 31.6 Å². The molecule has 5 heteroatoms. The van der Waals surface area contributed by atoms with Crippen molar-refractivity contribution < 1.29 is 17.2 Å². The average molecular weight is 337 g/mol. The molecule has 1 N–H and O–H groups in total. The maximum Gasteiger partial charge on any atom is 0.397 e. The Hall–Kier alpha value is -0.130. The van der Waals surface area contributed by atoms with Gasteiger partial charge in [0.25, 0.3) is 0 Å².